The summed E-state index contributed by atoms with van der Waals surface area (Å²) in [6, 6.07) is 16.4. The van der Waals surface area contributed by atoms with Gasteiger partial charge in [-0.2, -0.15) is 0 Å². The number of hydrazine groups is 1. The van der Waals surface area contributed by atoms with Gasteiger partial charge in [0, 0.05) is 10.9 Å². The van der Waals surface area contributed by atoms with E-state index in [2.05, 4.69) is 15.8 Å². The van der Waals surface area contributed by atoms with E-state index < -0.39 is 5.91 Å². The Morgan fingerprint density at radius 2 is 1.58 bits per heavy atom. The van der Waals surface area contributed by atoms with Crippen molar-refractivity contribution in [1.29, 1.82) is 0 Å². The highest BCUT2D eigenvalue weighted by molar-refractivity contribution is 6.01. The smallest absolute Gasteiger partial charge is 0.267 e. The third-order valence-corrected chi connectivity index (χ3v) is 3.73. The lowest BCUT2D eigenvalue weighted by Crippen LogP contribution is -2.41. The number of carbonyl (C=O) groups excluding carboxylic acids is 2. The molecule has 0 spiro atoms. The summed E-state index contributed by atoms with van der Waals surface area (Å²) in [5.74, 6) is -0.765. The number of rotatable bonds is 2. The molecular formula is C19H17N3O2. The number of aryl methyl sites for hydroxylation is 2. The van der Waals surface area contributed by atoms with E-state index in [4.69, 9.17) is 0 Å². The van der Waals surface area contributed by atoms with Crippen LogP contribution in [-0.2, 0) is 0 Å². The van der Waals surface area contributed by atoms with Gasteiger partial charge in [0.05, 0.1) is 16.8 Å². The molecule has 0 fully saturated rings. The molecule has 0 unspecified atom stereocenters. The van der Waals surface area contributed by atoms with Gasteiger partial charge in [0.15, 0.2) is 0 Å². The average molecular weight is 319 g/mol. The highest BCUT2D eigenvalue weighted by Crippen LogP contribution is 2.18. The second-order valence-corrected chi connectivity index (χ2v) is 5.59. The summed E-state index contributed by atoms with van der Waals surface area (Å²) < 4.78 is 0. The Balaban J connectivity index is 1.78. The van der Waals surface area contributed by atoms with Gasteiger partial charge in [-0.15, -0.1) is 0 Å². The van der Waals surface area contributed by atoms with Gasteiger partial charge in [-0.05, 0) is 44.2 Å². The maximum atomic E-state index is 12.4. The predicted octanol–water partition coefficient (Wildman–Crippen LogP) is 2.93. The number of benzene rings is 2. The molecule has 2 amide bonds. The molecule has 5 nitrogen and oxygen atoms in total. The monoisotopic (exact) mass is 319 g/mol. The van der Waals surface area contributed by atoms with E-state index in [1.54, 1.807) is 37.3 Å². The number of aromatic nitrogens is 1. The lowest BCUT2D eigenvalue weighted by atomic mass is 10.1. The molecule has 0 bridgehead atoms. The normalized spacial score (nSPS) is 10.4. The van der Waals surface area contributed by atoms with Crippen molar-refractivity contribution in [2.45, 2.75) is 13.8 Å². The molecular weight excluding hydrogens is 302 g/mol. The highest BCUT2D eigenvalue weighted by atomic mass is 16.2. The molecule has 0 atom stereocenters. The first-order valence-electron chi connectivity index (χ1n) is 7.58. The fraction of sp³-hybridized carbons (Fsp3) is 0.105. The van der Waals surface area contributed by atoms with Crippen LogP contribution in [0.3, 0.4) is 0 Å². The number of nitrogens with zero attached hydrogens (tertiary/aromatic N) is 1. The van der Waals surface area contributed by atoms with E-state index in [1.807, 2.05) is 31.2 Å². The van der Waals surface area contributed by atoms with Gasteiger partial charge in [0.1, 0.15) is 0 Å². The Labute approximate surface area is 139 Å². The van der Waals surface area contributed by atoms with Crippen molar-refractivity contribution in [3.8, 4) is 0 Å². The van der Waals surface area contributed by atoms with Crippen molar-refractivity contribution in [3.63, 3.8) is 0 Å². The molecule has 0 aliphatic rings. The number of amides is 2. The molecule has 1 aromatic heterocycles. The first-order valence-corrected chi connectivity index (χ1v) is 7.58. The highest BCUT2D eigenvalue weighted by Gasteiger charge is 2.13. The zero-order valence-corrected chi connectivity index (χ0v) is 13.5. The zero-order valence-electron chi connectivity index (χ0n) is 13.5. The van der Waals surface area contributed by atoms with Crippen LogP contribution in [0.1, 0.15) is 32.0 Å². The number of pyridine rings is 1. The van der Waals surface area contributed by atoms with Gasteiger partial charge in [0.2, 0.25) is 0 Å². The molecule has 0 radical (unpaired) electrons. The van der Waals surface area contributed by atoms with Crippen LogP contribution in [0.5, 0.6) is 0 Å². The van der Waals surface area contributed by atoms with Crippen molar-refractivity contribution in [2.75, 3.05) is 0 Å². The van der Waals surface area contributed by atoms with Crippen molar-refractivity contribution in [3.05, 3.63) is 77.0 Å². The minimum atomic E-state index is -0.396. The minimum absolute atomic E-state index is 0.369. The van der Waals surface area contributed by atoms with E-state index in [-0.39, 0.29) is 5.91 Å². The Kier molecular flexibility index (Phi) is 4.24. The van der Waals surface area contributed by atoms with Crippen molar-refractivity contribution < 1.29 is 9.59 Å². The fourth-order valence-corrected chi connectivity index (χ4v) is 2.46. The molecule has 0 aliphatic carbocycles. The van der Waals surface area contributed by atoms with Crippen LogP contribution in [0, 0.1) is 13.8 Å². The van der Waals surface area contributed by atoms with Gasteiger partial charge in [-0.1, -0.05) is 29.8 Å². The molecule has 2 N–H and O–H groups in total. The van der Waals surface area contributed by atoms with Gasteiger partial charge < -0.3 is 0 Å². The van der Waals surface area contributed by atoms with E-state index in [0.29, 0.717) is 16.8 Å². The maximum absolute atomic E-state index is 12.4. The van der Waals surface area contributed by atoms with E-state index in [9.17, 15) is 9.59 Å². The summed E-state index contributed by atoms with van der Waals surface area (Å²) in [7, 11) is 0. The predicted molar refractivity (Wildman–Crippen MR) is 92.6 cm³/mol. The molecule has 0 saturated carbocycles. The van der Waals surface area contributed by atoms with Crippen molar-refractivity contribution in [1.82, 2.24) is 15.8 Å². The largest absolute Gasteiger partial charge is 0.271 e. The minimum Gasteiger partial charge on any atom is -0.267 e. The zero-order chi connectivity index (χ0) is 17.1. The lowest BCUT2D eigenvalue weighted by Gasteiger charge is -2.10. The molecule has 0 saturated heterocycles. The molecule has 0 aliphatic heterocycles. The molecule has 24 heavy (non-hydrogen) atoms. The quantitative estimate of drug-likeness (QED) is 0.713. The standard InChI is InChI=1S/C19H17N3O2/c1-12-8-9-17-15(10-12)11-16(13(2)20-17)19(24)22-21-18(23)14-6-4-3-5-7-14/h3-11H,1-2H3,(H,21,23)(H,22,24). The Morgan fingerprint density at radius 1 is 0.875 bits per heavy atom. The number of carbonyl (C=O) groups is 2. The third kappa shape index (κ3) is 3.25. The summed E-state index contributed by atoms with van der Waals surface area (Å²) in [6.45, 7) is 3.76. The summed E-state index contributed by atoms with van der Waals surface area (Å²) in [5, 5.41) is 0.889. The molecule has 2 aromatic carbocycles. The summed E-state index contributed by atoms with van der Waals surface area (Å²) >= 11 is 0. The molecule has 3 aromatic rings. The first kappa shape index (κ1) is 15.7. The average Bonchev–Trinajstić information content (AvgIpc) is 2.60. The molecule has 1 heterocycles. The van der Waals surface area contributed by atoms with Crippen LogP contribution >= 0.6 is 0 Å². The van der Waals surface area contributed by atoms with Crippen LogP contribution < -0.4 is 10.9 Å². The topological polar surface area (TPSA) is 71.1 Å². The second kappa shape index (κ2) is 6.50. The Hall–Kier alpha value is -3.21. The second-order valence-electron chi connectivity index (χ2n) is 5.59. The summed E-state index contributed by atoms with van der Waals surface area (Å²) in [5.41, 5.74) is 8.30. The summed E-state index contributed by atoms with van der Waals surface area (Å²) in [6.07, 6.45) is 0. The molecule has 3 rings (SSSR count). The first-order chi connectivity index (χ1) is 11.5. The van der Waals surface area contributed by atoms with E-state index in [1.165, 1.54) is 0 Å². The third-order valence-electron chi connectivity index (χ3n) is 3.73. The number of nitrogens with one attached hydrogen (secondary N) is 2. The summed E-state index contributed by atoms with van der Waals surface area (Å²) in [4.78, 5) is 28.8. The van der Waals surface area contributed by atoms with Gasteiger partial charge in [-0.25, -0.2) is 0 Å². The number of hydrogen-bond donors (Lipinski definition) is 2. The maximum Gasteiger partial charge on any atom is 0.271 e. The van der Waals surface area contributed by atoms with E-state index >= 15 is 0 Å². The molecule has 120 valence electrons. The van der Waals surface area contributed by atoms with Crippen LogP contribution in [-0.4, -0.2) is 16.8 Å². The van der Waals surface area contributed by atoms with Gasteiger partial charge in [0.25, 0.3) is 11.8 Å². The van der Waals surface area contributed by atoms with Gasteiger partial charge >= 0.3 is 0 Å². The Morgan fingerprint density at radius 3 is 2.33 bits per heavy atom. The van der Waals surface area contributed by atoms with Crippen LogP contribution in [0.25, 0.3) is 10.9 Å². The SMILES string of the molecule is Cc1ccc2nc(C)c(C(=O)NNC(=O)c3ccccc3)cc2c1. The lowest BCUT2D eigenvalue weighted by molar-refractivity contribution is 0.0846. The Bertz CT molecular complexity index is 921. The number of fused-ring (bicyclic) bond motifs is 1. The molecule has 5 heteroatoms. The van der Waals surface area contributed by atoms with Crippen LogP contribution in [0.15, 0.2) is 54.6 Å². The van der Waals surface area contributed by atoms with Crippen LogP contribution in [0.4, 0.5) is 0 Å². The van der Waals surface area contributed by atoms with Gasteiger partial charge in [-0.3, -0.25) is 25.4 Å². The number of hydrogen-bond acceptors (Lipinski definition) is 3. The fourth-order valence-electron chi connectivity index (χ4n) is 2.46. The van der Waals surface area contributed by atoms with Crippen molar-refractivity contribution in [2.24, 2.45) is 0 Å². The van der Waals surface area contributed by atoms with Crippen molar-refractivity contribution >= 4 is 22.7 Å². The van der Waals surface area contributed by atoms with Crippen LogP contribution in [0.2, 0.25) is 0 Å². The van der Waals surface area contributed by atoms with E-state index in [0.717, 1.165) is 16.5 Å².